The van der Waals surface area contributed by atoms with Crippen LogP contribution in [0.4, 0.5) is 13.2 Å². The number of benzene rings is 5. The Labute approximate surface area is 241 Å². The normalized spacial score (nSPS) is 12.0. The van der Waals surface area contributed by atoms with Crippen LogP contribution in [-0.2, 0) is 6.18 Å². The first-order valence-corrected chi connectivity index (χ1v) is 21.5. The predicted molar refractivity (Wildman–Crippen MR) is 162 cm³/mol. The van der Waals surface area contributed by atoms with Crippen LogP contribution >= 0.6 is 8.95 Å². The van der Waals surface area contributed by atoms with Gasteiger partial charge in [-0.15, -0.1) is 0 Å². The molecule has 1 aromatic heterocycles. The van der Waals surface area contributed by atoms with E-state index in [9.17, 15) is 18.0 Å². The molecule has 0 spiro atoms. The Balaban J connectivity index is 1.71. The van der Waals surface area contributed by atoms with Crippen LogP contribution in [0.15, 0.2) is 149 Å². The molecular formula is C33H23F3N2OSSn. The SMILES string of the molecule is O=c1c2ccc(C(F)(F)F)cc2nc([S][Sn]([c]2ccccc2)([c]2ccccc2)[c]2ccccc2)n1-c1ccccc1. The second-order valence-corrected chi connectivity index (χ2v) is 24.7. The van der Waals surface area contributed by atoms with Crippen molar-refractivity contribution in [3.63, 3.8) is 0 Å². The van der Waals surface area contributed by atoms with Gasteiger partial charge in [0, 0.05) is 0 Å². The summed E-state index contributed by atoms with van der Waals surface area (Å²) in [6.45, 7) is 0. The third-order valence-corrected chi connectivity index (χ3v) is 26.5. The van der Waals surface area contributed by atoms with E-state index in [1.807, 2.05) is 84.9 Å². The van der Waals surface area contributed by atoms with Crippen LogP contribution in [0.5, 0.6) is 0 Å². The van der Waals surface area contributed by atoms with Gasteiger partial charge >= 0.3 is 243 Å². The molecule has 0 unspecified atom stereocenters. The van der Waals surface area contributed by atoms with E-state index < -0.39 is 34.3 Å². The van der Waals surface area contributed by atoms with Crippen molar-refractivity contribution in [3.05, 3.63) is 155 Å². The Morgan fingerprint density at radius 1 is 0.634 bits per heavy atom. The summed E-state index contributed by atoms with van der Waals surface area (Å²) >= 11 is -4.10. The van der Waals surface area contributed by atoms with Crippen molar-refractivity contribution >= 4 is 47.6 Å². The molecule has 0 aliphatic carbocycles. The van der Waals surface area contributed by atoms with Crippen molar-refractivity contribution in [1.29, 1.82) is 0 Å². The Morgan fingerprint density at radius 2 is 1.10 bits per heavy atom. The van der Waals surface area contributed by atoms with E-state index in [-0.39, 0.29) is 10.9 Å². The molecule has 6 aromatic rings. The quantitative estimate of drug-likeness (QED) is 0.157. The van der Waals surface area contributed by atoms with E-state index in [4.69, 9.17) is 4.98 Å². The molecule has 0 fully saturated rings. The number of para-hydroxylation sites is 1. The molecule has 41 heavy (non-hydrogen) atoms. The zero-order valence-electron chi connectivity index (χ0n) is 21.6. The average molecular weight is 671 g/mol. The molecule has 0 aliphatic heterocycles. The standard InChI is InChI=1S/C15H9F3N2OS.3C6H5.Sn/c16-15(17,18)9-6-7-11-12(8-9)19-14(22)20(13(11)21)10-4-2-1-3-5-10;3*1-2-4-6-5-3-1;/h1-8H,(H,19,22);3*1-5H;/q;;;;+1/p-1. The molecule has 0 atom stereocenters. The molecule has 6 rings (SSSR count). The van der Waals surface area contributed by atoms with Crippen LogP contribution < -0.4 is 16.3 Å². The first-order chi connectivity index (χ1) is 19.9. The number of rotatable bonds is 6. The monoisotopic (exact) mass is 672 g/mol. The Morgan fingerprint density at radius 3 is 1.56 bits per heavy atom. The van der Waals surface area contributed by atoms with Gasteiger partial charge in [-0.05, 0) is 0 Å². The predicted octanol–water partition coefficient (Wildman–Crippen LogP) is 6.16. The number of nitrogens with zero attached hydrogens (tertiary/aromatic N) is 2. The van der Waals surface area contributed by atoms with Crippen LogP contribution in [0, 0.1) is 0 Å². The van der Waals surface area contributed by atoms with Gasteiger partial charge in [-0.1, -0.05) is 0 Å². The summed E-state index contributed by atoms with van der Waals surface area (Å²) in [4.78, 5) is 18.9. The van der Waals surface area contributed by atoms with Crippen molar-refractivity contribution in [2.75, 3.05) is 0 Å². The number of aromatic nitrogens is 2. The number of hydrogen-bond acceptors (Lipinski definition) is 3. The molecular weight excluding hydrogens is 648 g/mol. The topological polar surface area (TPSA) is 34.9 Å². The Hall–Kier alpha value is -3.82. The van der Waals surface area contributed by atoms with Gasteiger partial charge in [0.05, 0.1) is 0 Å². The van der Waals surface area contributed by atoms with E-state index in [1.54, 1.807) is 4.57 Å². The van der Waals surface area contributed by atoms with Crippen LogP contribution in [0.1, 0.15) is 5.56 Å². The van der Waals surface area contributed by atoms with E-state index in [0.717, 1.165) is 22.9 Å². The van der Waals surface area contributed by atoms with Crippen LogP contribution in [0.25, 0.3) is 16.6 Å². The van der Waals surface area contributed by atoms with Gasteiger partial charge in [-0.3, -0.25) is 0 Å². The molecule has 3 nitrogen and oxygen atoms in total. The Bertz CT molecular complexity index is 1770. The number of hydrogen-bond donors (Lipinski definition) is 0. The average Bonchev–Trinajstić information content (AvgIpc) is 3.01. The second-order valence-electron chi connectivity index (χ2n) is 9.48. The zero-order valence-corrected chi connectivity index (χ0v) is 25.3. The summed E-state index contributed by atoms with van der Waals surface area (Å²) in [6, 6.07) is 42.8. The van der Waals surface area contributed by atoms with Crippen LogP contribution in [0.2, 0.25) is 0 Å². The maximum atomic E-state index is 14.1. The molecule has 0 saturated carbocycles. The third-order valence-electron chi connectivity index (χ3n) is 6.97. The van der Waals surface area contributed by atoms with Crippen molar-refractivity contribution in [2.24, 2.45) is 0 Å². The van der Waals surface area contributed by atoms with E-state index in [1.165, 1.54) is 15.0 Å². The van der Waals surface area contributed by atoms with Gasteiger partial charge in [0.1, 0.15) is 0 Å². The summed E-state index contributed by atoms with van der Waals surface area (Å²) in [5, 5.41) is 0.492. The van der Waals surface area contributed by atoms with Crippen molar-refractivity contribution in [2.45, 2.75) is 11.3 Å². The molecule has 0 aliphatic rings. The number of alkyl halides is 3. The maximum absolute atomic E-state index is 14.1. The number of halogens is 3. The fourth-order valence-corrected chi connectivity index (χ4v) is 23.9. The fraction of sp³-hybridized carbons (Fsp3) is 0.0303. The molecule has 5 aromatic carbocycles. The van der Waals surface area contributed by atoms with Crippen molar-refractivity contribution in [1.82, 2.24) is 9.55 Å². The molecule has 0 bridgehead atoms. The van der Waals surface area contributed by atoms with Gasteiger partial charge in [-0.2, -0.15) is 0 Å². The molecule has 202 valence electrons. The Kier molecular flexibility index (Phi) is 7.48. The van der Waals surface area contributed by atoms with E-state index in [2.05, 4.69) is 36.4 Å². The van der Waals surface area contributed by atoms with Gasteiger partial charge in [-0.25, -0.2) is 0 Å². The summed E-state index contributed by atoms with van der Waals surface area (Å²) in [6.07, 6.45) is -4.56. The molecule has 0 saturated heterocycles. The van der Waals surface area contributed by atoms with Gasteiger partial charge < -0.3 is 0 Å². The minimum absolute atomic E-state index is 0.0221. The van der Waals surface area contributed by atoms with Crippen LogP contribution in [-0.4, -0.2) is 26.5 Å². The number of fused-ring (bicyclic) bond motifs is 1. The summed E-state index contributed by atoms with van der Waals surface area (Å²) < 4.78 is 46.0. The molecule has 1 heterocycles. The summed E-state index contributed by atoms with van der Waals surface area (Å²) in [7, 11) is 1.54. The molecule has 0 radical (unpaired) electrons. The first-order valence-electron chi connectivity index (χ1n) is 12.9. The third kappa shape index (κ3) is 5.20. The van der Waals surface area contributed by atoms with E-state index in [0.29, 0.717) is 10.8 Å². The second kappa shape index (κ2) is 11.2. The first kappa shape index (κ1) is 27.4. The van der Waals surface area contributed by atoms with Gasteiger partial charge in [0.25, 0.3) is 0 Å². The fourth-order valence-electron chi connectivity index (χ4n) is 5.05. The van der Waals surface area contributed by atoms with E-state index >= 15 is 0 Å². The molecule has 0 amide bonds. The zero-order chi connectivity index (χ0) is 28.5. The molecule has 0 N–H and O–H groups in total. The van der Waals surface area contributed by atoms with Gasteiger partial charge in [0.15, 0.2) is 0 Å². The summed E-state index contributed by atoms with van der Waals surface area (Å²) in [5.41, 5.74) is -0.626. The minimum atomic E-state index is -4.56. The van der Waals surface area contributed by atoms with Crippen molar-refractivity contribution < 1.29 is 13.2 Å². The van der Waals surface area contributed by atoms with Crippen molar-refractivity contribution in [3.8, 4) is 5.69 Å². The van der Waals surface area contributed by atoms with Gasteiger partial charge in [0.2, 0.25) is 0 Å². The summed E-state index contributed by atoms with van der Waals surface area (Å²) in [5.74, 6) is 0. The molecule has 8 heteroatoms. The van der Waals surface area contributed by atoms with Crippen LogP contribution in [0.3, 0.4) is 0 Å².